The zero-order valence-electron chi connectivity index (χ0n) is 20.6. The molecule has 0 bridgehead atoms. The van der Waals surface area contributed by atoms with Gasteiger partial charge in [0.1, 0.15) is 9.79 Å². The second-order valence-corrected chi connectivity index (χ2v) is 12.6. The number of carbonyl (C=O) groups excluding carboxylic acids is 1. The summed E-state index contributed by atoms with van der Waals surface area (Å²) in [4.78, 5) is 10.7. The molecule has 0 spiro atoms. The van der Waals surface area contributed by atoms with Gasteiger partial charge in [0, 0.05) is 25.8 Å². The predicted octanol–water partition coefficient (Wildman–Crippen LogP) is -0.897. The normalized spacial score (nSPS) is 12.4. The monoisotopic (exact) mass is 585 g/mol. The number of nitrogens with zero attached hydrogens (tertiary/aromatic N) is 1. The van der Waals surface area contributed by atoms with E-state index < -0.39 is 46.3 Å². The van der Waals surface area contributed by atoms with Crippen molar-refractivity contribution in [3.8, 4) is 0 Å². The van der Waals surface area contributed by atoms with Crippen LogP contribution in [0.1, 0.15) is 25.0 Å². The summed E-state index contributed by atoms with van der Waals surface area (Å²) in [5, 5.41) is 4.98. The summed E-state index contributed by atoms with van der Waals surface area (Å²) in [6.45, 7) is 3.45. The maximum atomic E-state index is 12.0. The average Bonchev–Trinajstić information content (AvgIpc) is 2.71. The standard InChI is InChI=1S/C20H26N4O9S3.Na/c1-13(2)21-20(25)22-16-9-7-14(18(11-16)34(26,27)28)5-6-15-8-10-17(12-19(15)35(29,30)31)23-36(32,33)24(3)4;/h5-13,23H,1-4H3,(H2,21,22,25)(H,26,27,28)(H,29,30,31);/q;+1/b6-5+;. The van der Waals surface area contributed by atoms with Gasteiger partial charge in [0.25, 0.3) is 20.2 Å². The molecule has 0 saturated heterocycles. The fourth-order valence-corrected chi connectivity index (χ4v) is 4.81. The number of hydrogen-bond donors (Lipinski definition) is 5. The van der Waals surface area contributed by atoms with Gasteiger partial charge in [-0.25, -0.2) is 4.79 Å². The van der Waals surface area contributed by atoms with E-state index in [1.807, 2.05) is 0 Å². The second kappa shape index (κ2) is 12.7. The molecule has 2 aromatic carbocycles. The zero-order valence-corrected chi connectivity index (χ0v) is 25.1. The largest absolute Gasteiger partial charge is 1.00 e. The molecular formula is C20H26N4NaO9S3+. The quantitative estimate of drug-likeness (QED) is 0.141. The molecule has 13 nitrogen and oxygen atoms in total. The van der Waals surface area contributed by atoms with Crippen LogP contribution >= 0.6 is 0 Å². The van der Waals surface area contributed by atoms with Crippen LogP contribution < -0.4 is 44.9 Å². The third kappa shape index (κ3) is 9.66. The molecule has 198 valence electrons. The van der Waals surface area contributed by atoms with E-state index >= 15 is 0 Å². The van der Waals surface area contributed by atoms with Gasteiger partial charge in [-0.2, -0.15) is 29.6 Å². The first-order valence-electron chi connectivity index (χ1n) is 10.1. The van der Waals surface area contributed by atoms with Crippen LogP contribution in [0, 0.1) is 0 Å². The molecule has 0 fully saturated rings. The van der Waals surface area contributed by atoms with E-state index in [9.17, 15) is 39.2 Å². The molecule has 0 aliphatic heterocycles. The summed E-state index contributed by atoms with van der Waals surface area (Å²) in [6, 6.07) is 6.16. The SMILES string of the molecule is CC(C)NC(=O)Nc1ccc(/C=C/c2ccc(NS(=O)(=O)N(C)C)cc2S(=O)(=O)O)c(S(=O)(=O)O)c1.[Na+]. The Kier molecular flexibility index (Phi) is 11.3. The van der Waals surface area contributed by atoms with Gasteiger partial charge in [0.2, 0.25) is 0 Å². The number of hydrogen-bond acceptors (Lipinski definition) is 7. The van der Waals surface area contributed by atoms with Crippen molar-refractivity contribution in [3.63, 3.8) is 0 Å². The van der Waals surface area contributed by atoms with Gasteiger partial charge in [-0.15, -0.1) is 0 Å². The molecule has 2 aromatic rings. The van der Waals surface area contributed by atoms with Crippen molar-refractivity contribution in [2.45, 2.75) is 29.7 Å². The van der Waals surface area contributed by atoms with E-state index in [4.69, 9.17) is 0 Å². The van der Waals surface area contributed by atoms with Crippen LogP contribution in [0.15, 0.2) is 46.2 Å². The average molecular weight is 586 g/mol. The Morgan fingerprint density at radius 2 is 1.27 bits per heavy atom. The zero-order chi connectivity index (χ0) is 27.5. The summed E-state index contributed by atoms with van der Waals surface area (Å²) >= 11 is 0. The number of benzene rings is 2. The third-order valence-electron chi connectivity index (χ3n) is 4.43. The maximum Gasteiger partial charge on any atom is 1.00 e. The van der Waals surface area contributed by atoms with E-state index in [1.165, 1.54) is 38.4 Å². The van der Waals surface area contributed by atoms with Gasteiger partial charge in [-0.05, 0) is 49.2 Å². The molecule has 37 heavy (non-hydrogen) atoms. The number of urea groups is 1. The molecule has 5 N–H and O–H groups in total. The van der Waals surface area contributed by atoms with Crippen LogP contribution in [0.4, 0.5) is 16.2 Å². The van der Waals surface area contributed by atoms with Crippen molar-refractivity contribution < 1.29 is 68.7 Å². The fourth-order valence-electron chi connectivity index (χ4n) is 2.78. The molecule has 0 atom stereocenters. The molecule has 0 radical (unpaired) electrons. The van der Waals surface area contributed by atoms with Crippen molar-refractivity contribution in [1.29, 1.82) is 0 Å². The minimum atomic E-state index is -4.83. The molecule has 0 aromatic heterocycles. The van der Waals surface area contributed by atoms with Crippen molar-refractivity contribution in [2.24, 2.45) is 0 Å². The van der Waals surface area contributed by atoms with Crippen LogP contribution in [0.25, 0.3) is 12.2 Å². The predicted molar refractivity (Wildman–Crippen MR) is 135 cm³/mol. The van der Waals surface area contributed by atoms with Gasteiger partial charge >= 0.3 is 45.8 Å². The van der Waals surface area contributed by atoms with Gasteiger partial charge in [-0.1, -0.05) is 24.3 Å². The first kappa shape index (κ1) is 33.0. The Bertz CT molecular complexity index is 1510. The molecule has 17 heteroatoms. The van der Waals surface area contributed by atoms with Gasteiger partial charge in [0.15, 0.2) is 0 Å². The summed E-state index contributed by atoms with van der Waals surface area (Å²) in [6.07, 6.45) is 2.31. The van der Waals surface area contributed by atoms with E-state index in [1.54, 1.807) is 13.8 Å². The van der Waals surface area contributed by atoms with Crippen LogP contribution in [0.2, 0.25) is 0 Å². The smallest absolute Gasteiger partial charge is 0.336 e. The third-order valence-corrected chi connectivity index (χ3v) is 7.70. The number of anilines is 2. The van der Waals surface area contributed by atoms with Gasteiger partial charge in [-0.3, -0.25) is 13.8 Å². The molecular weight excluding hydrogens is 559 g/mol. The topological polar surface area (TPSA) is 199 Å². The van der Waals surface area contributed by atoms with Crippen LogP contribution in [-0.4, -0.2) is 64.8 Å². The van der Waals surface area contributed by atoms with Crippen molar-refractivity contribution in [1.82, 2.24) is 9.62 Å². The Hall–Kier alpha value is -2.02. The van der Waals surface area contributed by atoms with Gasteiger partial charge < -0.3 is 10.6 Å². The summed E-state index contributed by atoms with van der Waals surface area (Å²) in [5.74, 6) is 0. The fraction of sp³-hybridized carbons (Fsp3) is 0.250. The Balaban J connectivity index is 0.00000684. The maximum absolute atomic E-state index is 12.0. The minimum Gasteiger partial charge on any atom is -0.336 e. The summed E-state index contributed by atoms with van der Waals surface area (Å²) in [7, 11) is -11.0. The molecule has 0 aliphatic rings. The van der Waals surface area contributed by atoms with Gasteiger partial charge in [0.05, 0.1) is 5.69 Å². The van der Waals surface area contributed by atoms with Crippen LogP contribution in [0.3, 0.4) is 0 Å². The van der Waals surface area contributed by atoms with E-state index in [-0.39, 0.29) is 58.1 Å². The first-order chi connectivity index (χ1) is 16.4. The number of amides is 2. The molecule has 0 heterocycles. The minimum absolute atomic E-state index is 0. The summed E-state index contributed by atoms with van der Waals surface area (Å²) in [5.41, 5.74) is -0.257. The van der Waals surface area contributed by atoms with E-state index in [2.05, 4.69) is 15.4 Å². The van der Waals surface area contributed by atoms with Crippen LogP contribution in [0.5, 0.6) is 0 Å². The Morgan fingerprint density at radius 3 is 1.68 bits per heavy atom. The number of carbonyl (C=O) groups is 1. The molecule has 0 aliphatic carbocycles. The number of nitrogens with one attached hydrogen (secondary N) is 3. The molecule has 0 unspecified atom stereocenters. The molecule has 0 saturated carbocycles. The Morgan fingerprint density at radius 1 is 0.838 bits per heavy atom. The summed E-state index contributed by atoms with van der Waals surface area (Å²) < 4.78 is 94.0. The van der Waals surface area contributed by atoms with Crippen molar-refractivity contribution in [2.75, 3.05) is 24.1 Å². The second-order valence-electron chi connectivity index (χ2n) is 7.93. The number of rotatable bonds is 9. The van der Waals surface area contributed by atoms with E-state index in [0.717, 1.165) is 28.6 Å². The van der Waals surface area contributed by atoms with E-state index in [0.29, 0.717) is 0 Å². The Labute approximate surface area is 238 Å². The molecule has 2 amide bonds. The van der Waals surface area contributed by atoms with Crippen LogP contribution in [-0.2, 0) is 30.4 Å². The first-order valence-corrected chi connectivity index (χ1v) is 14.4. The van der Waals surface area contributed by atoms with Crippen molar-refractivity contribution in [3.05, 3.63) is 47.5 Å². The molecule has 2 rings (SSSR count). The van der Waals surface area contributed by atoms with Crippen molar-refractivity contribution >= 4 is 60.0 Å².